The molecule has 23 heavy (non-hydrogen) atoms. The first-order valence-corrected chi connectivity index (χ1v) is 10.8. The molecule has 0 saturated carbocycles. The molecule has 0 aromatic heterocycles. The lowest BCUT2D eigenvalue weighted by Gasteiger charge is -2.32. The molecule has 0 bridgehead atoms. The molecular weight excluding hydrogens is 308 g/mol. The number of unbranched alkanes of at least 4 members (excludes halogenated alkanes) is 7. The third-order valence-electron chi connectivity index (χ3n) is 4.10. The summed E-state index contributed by atoms with van der Waals surface area (Å²) in [5, 5.41) is 0. The van der Waals surface area contributed by atoms with Crippen molar-refractivity contribution >= 4 is 8.80 Å². The molecule has 1 unspecified atom stereocenters. The largest absolute Gasteiger partial charge is 0.530 e. The van der Waals surface area contributed by atoms with Crippen LogP contribution in [0, 0.1) is 0 Å². The van der Waals surface area contributed by atoms with Crippen LogP contribution in [0.5, 0.6) is 0 Å². The minimum atomic E-state index is -2.76. The molecule has 0 rings (SSSR count). The minimum Gasteiger partial charge on any atom is -0.375 e. The quantitative estimate of drug-likeness (QED) is 0.226. The van der Waals surface area contributed by atoms with Crippen LogP contribution in [0.15, 0.2) is 12.2 Å². The average molecular weight is 347 g/mol. The predicted octanol–water partition coefficient (Wildman–Crippen LogP) is 4.90. The van der Waals surface area contributed by atoms with Crippen molar-refractivity contribution in [2.45, 2.75) is 77.4 Å². The molecule has 0 spiro atoms. The van der Waals surface area contributed by atoms with E-state index in [1.165, 1.54) is 44.9 Å². The standard InChI is InChI=1S/C18H38O4Si/c1-7-8-9-10-11-12-13-14-15-18(22-16-17(2)3)23(19-4,20-5)21-6/h18H,2,7-16H2,1,3-6H3. The van der Waals surface area contributed by atoms with Gasteiger partial charge in [0.25, 0.3) is 0 Å². The lowest BCUT2D eigenvalue weighted by molar-refractivity contribution is 0.0167. The Morgan fingerprint density at radius 3 is 1.78 bits per heavy atom. The van der Waals surface area contributed by atoms with E-state index < -0.39 is 8.80 Å². The van der Waals surface area contributed by atoms with Crippen LogP contribution in [0.4, 0.5) is 0 Å². The van der Waals surface area contributed by atoms with Crippen LogP contribution >= 0.6 is 0 Å². The summed E-state index contributed by atoms with van der Waals surface area (Å²) in [6.45, 7) is 8.63. The van der Waals surface area contributed by atoms with E-state index in [0.717, 1.165) is 18.4 Å². The molecule has 0 aliphatic rings. The lowest BCUT2D eigenvalue weighted by Crippen LogP contribution is -2.55. The van der Waals surface area contributed by atoms with Crippen molar-refractivity contribution in [1.82, 2.24) is 0 Å². The number of hydrogen-bond acceptors (Lipinski definition) is 4. The molecule has 0 aromatic rings. The summed E-state index contributed by atoms with van der Waals surface area (Å²) in [5.41, 5.74) is 0.872. The maximum Gasteiger partial charge on any atom is 0.530 e. The number of ether oxygens (including phenoxy) is 1. The molecule has 138 valence electrons. The van der Waals surface area contributed by atoms with Crippen LogP contribution in [0.1, 0.15) is 71.6 Å². The number of rotatable bonds is 16. The highest BCUT2D eigenvalue weighted by Gasteiger charge is 2.48. The normalized spacial score (nSPS) is 13.3. The Labute approximate surface area is 144 Å². The second-order valence-electron chi connectivity index (χ2n) is 6.24. The fraction of sp³-hybridized carbons (Fsp3) is 0.889. The van der Waals surface area contributed by atoms with Gasteiger partial charge in [-0.15, -0.1) is 0 Å². The smallest absolute Gasteiger partial charge is 0.375 e. The van der Waals surface area contributed by atoms with Gasteiger partial charge in [0, 0.05) is 21.3 Å². The van der Waals surface area contributed by atoms with Gasteiger partial charge in [0.2, 0.25) is 0 Å². The van der Waals surface area contributed by atoms with Gasteiger partial charge in [-0.3, -0.25) is 0 Å². The molecule has 0 fully saturated rings. The summed E-state index contributed by atoms with van der Waals surface area (Å²) >= 11 is 0. The zero-order valence-electron chi connectivity index (χ0n) is 16.0. The highest BCUT2D eigenvalue weighted by Crippen LogP contribution is 2.22. The molecule has 0 amide bonds. The van der Waals surface area contributed by atoms with Crippen molar-refractivity contribution in [3.05, 3.63) is 12.2 Å². The van der Waals surface area contributed by atoms with E-state index in [-0.39, 0.29) is 5.73 Å². The van der Waals surface area contributed by atoms with E-state index in [9.17, 15) is 0 Å². The Morgan fingerprint density at radius 1 is 0.870 bits per heavy atom. The molecule has 1 atom stereocenters. The van der Waals surface area contributed by atoms with Gasteiger partial charge >= 0.3 is 8.80 Å². The molecule has 0 aromatic carbocycles. The van der Waals surface area contributed by atoms with Crippen molar-refractivity contribution in [2.24, 2.45) is 0 Å². The molecule has 0 heterocycles. The Balaban J connectivity index is 4.23. The maximum absolute atomic E-state index is 5.99. The highest BCUT2D eigenvalue weighted by molar-refractivity contribution is 6.62. The Hall–Kier alpha value is -0.203. The first kappa shape index (κ1) is 22.8. The van der Waals surface area contributed by atoms with Crippen LogP contribution in [0.3, 0.4) is 0 Å². The van der Waals surface area contributed by atoms with Gasteiger partial charge in [-0.1, -0.05) is 70.4 Å². The second-order valence-corrected chi connectivity index (χ2v) is 9.31. The van der Waals surface area contributed by atoms with Crippen LogP contribution in [-0.4, -0.2) is 42.5 Å². The van der Waals surface area contributed by atoms with E-state index in [2.05, 4.69) is 13.5 Å². The van der Waals surface area contributed by atoms with Crippen LogP contribution in [-0.2, 0) is 18.0 Å². The van der Waals surface area contributed by atoms with Crippen molar-refractivity contribution in [3.8, 4) is 0 Å². The molecule has 0 saturated heterocycles. The molecule has 0 aliphatic carbocycles. The van der Waals surface area contributed by atoms with Crippen molar-refractivity contribution in [3.63, 3.8) is 0 Å². The summed E-state index contributed by atoms with van der Waals surface area (Å²) in [4.78, 5) is 0. The van der Waals surface area contributed by atoms with Crippen molar-refractivity contribution < 1.29 is 18.0 Å². The summed E-state index contributed by atoms with van der Waals surface area (Å²) in [7, 11) is 2.17. The van der Waals surface area contributed by atoms with Crippen molar-refractivity contribution in [1.29, 1.82) is 0 Å². The third kappa shape index (κ3) is 9.62. The predicted molar refractivity (Wildman–Crippen MR) is 98.6 cm³/mol. The van der Waals surface area contributed by atoms with Gasteiger partial charge in [-0.05, 0) is 13.3 Å². The van der Waals surface area contributed by atoms with Gasteiger partial charge in [0.1, 0.15) is 5.73 Å². The zero-order chi connectivity index (χ0) is 17.6. The van der Waals surface area contributed by atoms with Gasteiger partial charge in [0.15, 0.2) is 0 Å². The SMILES string of the molecule is C=C(C)COC(CCCCCCCCCC)[Si](OC)(OC)OC. The van der Waals surface area contributed by atoms with Crippen LogP contribution in [0.25, 0.3) is 0 Å². The van der Waals surface area contributed by atoms with Gasteiger partial charge in [-0.2, -0.15) is 0 Å². The second kappa shape index (κ2) is 14.2. The van der Waals surface area contributed by atoms with E-state index in [4.69, 9.17) is 18.0 Å². The molecule has 5 heteroatoms. The monoisotopic (exact) mass is 346 g/mol. The maximum atomic E-state index is 5.99. The molecule has 0 N–H and O–H groups in total. The summed E-state index contributed by atoms with van der Waals surface area (Å²) in [5.74, 6) is 0. The first-order chi connectivity index (χ1) is 11.1. The Kier molecular flexibility index (Phi) is 14.0. The van der Waals surface area contributed by atoms with Gasteiger partial charge in [0.05, 0.1) is 6.61 Å². The number of hydrogen-bond donors (Lipinski definition) is 0. The molecular formula is C18H38O4Si. The highest BCUT2D eigenvalue weighted by atomic mass is 28.4. The van der Waals surface area contributed by atoms with Crippen molar-refractivity contribution in [2.75, 3.05) is 27.9 Å². The van der Waals surface area contributed by atoms with E-state index in [1.54, 1.807) is 21.3 Å². The first-order valence-electron chi connectivity index (χ1n) is 8.97. The molecule has 0 aliphatic heterocycles. The summed E-state index contributed by atoms with van der Waals surface area (Å²) in [6, 6.07) is 0. The summed E-state index contributed by atoms with van der Waals surface area (Å²) < 4.78 is 22.8. The van der Waals surface area contributed by atoms with Crippen LogP contribution < -0.4 is 0 Å². The van der Waals surface area contributed by atoms with Crippen LogP contribution in [0.2, 0.25) is 0 Å². The summed E-state index contributed by atoms with van der Waals surface area (Å²) in [6.07, 6.45) is 11.3. The fourth-order valence-electron chi connectivity index (χ4n) is 2.71. The average Bonchev–Trinajstić information content (AvgIpc) is 2.55. The lowest BCUT2D eigenvalue weighted by atomic mass is 10.1. The Morgan fingerprint density at radius 2 is 1.35 bits per heavy atom. The van der Waals surface area contributed by atoms with Gasteiger partial charge < -0.3 is 18.0 Å². The van der Waals surface area contributed by atoms with Gasteiger partial charge in [-0.25, -0.2) is 0 Å². The van der Waals surface area contributed by atoms with E-state index in [1.807, 2.05) is 6.92 Å². The Bertz CT molecular complexity index is 284. The van der Waals surface area contributed by atoms with E-state index >= 15 is 0 Å². The zero-order valence-corrected chi connectivity index (χ0v) is 17.0. The molecule has 0 radical (unpaired) electrons. The minimum absolute atomic E-state index is 0.126. The topological polar surface area (TPSA) is 36.9 Å². The third-order valence-corrected chi connectivity index (χ3v) is 7.05. The van der Waals surface area contributed by atoms with E-state index in [0.29, 0.717) is 6.61 Å². The molecule has 4 nitrogen and oxygen atoms in total. The fourth-order valence-corrected chi connectivity index (χ4v) is 4.85.